The smallest absolute Gasteiger partial charge is 0.279 e. The molecule has 1 aliphatic heterocycles. The van der Waals surface area contributed by atoms with Crippen molar-refractivity contribution in [1.29, 1.82) is 0 Å². The number of amides is 2. The number of hydrogen-bond acceptors (Lipinski definition) is 4. The summed E-state index contributed by atoms with van der Waals surface area (Å²) in [5, 5.41) is 3.31. The van der Waals surface area contributed by atoms with Crippen LogP contribution in [-0.2, 0) is 11.4 Å². The van der Waals surface area contributed by atoms with Gasteiger partial charge in [0.15, 0.2) is 5.17 Å². The van der Waals surface area contributed by atoms with Crippen LogP contribution >= 0.6 is 46.0 Å². The molecule has 0 aromatic heterocycles. The number of hydrogen-bond donors (Lipinski definition) is 1. The van der Waals surface area contributed by atoms with Crippen molar-refractivity contribution in [2.45, 2.75) is 6.61 Å². The van der Waals surface area contributed by atoms with Gasteiger partial charge < -0.3 is 10.1 Å². The summed E-state index contributed by atoms with van der Waals surface area (Å²) >= 11 is 9.74. The summed E-state index contributed by atoms with van der Waals surface area (Å²) in [6.45, 7) is 0.407. The fraction of sp³-hybridized carbons (Fsp3) is 0.0417. The third-order valence-electron chi connectivity index (χ3n) is 4.44. The van der Waals surface area contributed by atoms with E-state index in [4.69, 9.17) is 16.3 Å². The summed E-state index contributed by atoms with van der Waals surface area (Å²) in [6, 6.07) is 22.1. The summed E-state index contributed by atoms with van der Waals surface area (Å²) in [5.41, 5.74) is 2.24. The second-order valence-electron chi connectivity index (χ2n) is 6.76. The van der Waals surface area contributed by atoms with Crippen LogP contribution in [-0.4, -0.2) is 17.0 Å². The predicted octanol–water partition coefficient (Wildman–Crippen LogP) is 5.92. The molecular formula is C24H16ClIN2O3S. The lowest BCUT2D eigenvalue weighted by Gasteiger charge is -2.09. The Morgan fingerprint density at radius 3 is 2.56 bits per heavy atom. The van der Waals surface area contributed by atoms with Crippen molar-refractivity contribution >= 4 is 69.0 Å². The molecule has 0 bridgehead atoms. The number of amidine groups is 1. The number of carbonyl (C=O) groups is 2. The Balaban J connectivity index is 1.43. The number of benzene rings is 3. The van der Waals surface area contributed by atoms with E-state index in [2.05, 4.69) is 32.9 Å². The number of thioether (sulfide) groups is 1. The Morgan fingerprint density at radius 2 is 1.84 bits per heavy atom. The van der Waals surface area contributed by atoms with Gasteiger partial charge in [-0.25, -0.2) is 0 Å². The van der Waals surface area contributed by atoms with Crippen LogP contribution in [0.3, 0.4) is 0 Å². The third kappa shape index (κ3) is 5.79. The van der Waals surface area contributed by atoms with Crippen LogP contribution in [0.5, 0.6) is 5.75 Å². The topological polar surface area (TPSA) is 67.8 Å². The molecule has 0 spiro atoms. The number of ether oxygens (including phenoxy) is 1. The molecule has 1 heterocycles. The zero-order chi connectivity index (χ0) is 22.5. The van der Waals surface area contributed by atoms with Crippen molar-refractivity contribution in [2.75, 3.05) is 0 Å². The van der Waals surface area contributed by atoms with Crippen molar-refractivity contribution in [1.82, 2.24) is 5.32 Å². The molecule has 3 aromatic carbocycles. The first kappa shape index (κ1) is 22.6. The summed E-state index contributed by atoms with van der Waals surface area (Å²) in [4.78, 5) is 28.9. The lowest BCUT2D eigenvalue weighted by atomic mass is 10.2. The van der Waals surface area contributed by atoms with Crippen LogP contribution < -0.4 is 10.1 Å². The number of nitrogens with zero attached hydrogens (tertiary/aromatic N) is 1. The minimum absolute atomic E-state index is 0.249. The summed E-state index contributed by atoms with van der Waals surface area (Å²) in [7, 11) is 0. The molecule has 1 N–H and O–H groups in total. The van der Waals surface area contributed by atoms with E-state index in [0.717, 1.165) is 26.5 Å². The molecule has 8 heteroatoms. The van der Waals surface area contributed by atoms with Gasteiger partial charge in [0, 0.05) is 9.13 Å². The normalized spacial score (nSPS) is 15.8. The molecule has 0 aliphatic carbocycles. The Labute approximate surface area is 208 Å². The van der Waals surface area contributed by atoms with Crippen LogP contribution in [0, 0.1) is 3.57 Å². The van der Waals surface area contributed by atoms with Gasteiger partial charge in [0.05, 0.1) is 9.93 Å². The monoisotopic (exact) mass is 574 g/mol. The summed E-state index contributed by atoms with van der Waals surface area (Å²) in [6.07, 6.45) is 1.70. The van der Waals surface area contributed by atoms with Crippen LogP contribution in [0.2, 0.25) is 5.02 Å². The zero-order valence-electron chi connectivity index (χ0n) is 16.5. The van der Waals surface area contributed by atoms with Crippen molar-refractivity contribution in [3.05, 3.63) is 103 Å². The average Bonchev–Trinajstić information content (AvgIpc) is 3.13. The van der Waals surface area contributed by atoms with Crippen LogP contribution in [0.15, 0.2) is 82.7 Å². The van der Waals surface area contributed by atoms with Crippen LogP contribution in [0.4, 0.5) is 0 Å². The van der Waals surface area contributed by atoms with E-state index in [0.29, 0.717) is 27.8 Å². The highest BCUT2D eigenvalue weighted by atomic mass is 127. The standard InChI is InChI=1S/C24H16ClIN2O3S/c25-19-12-16(8-11-20(19)31-14-15-6-9-18(26)10-7-15)13-21-23(30)28-24(32-21)27-22(29)17-4-2-1-3-5-17/h1-13H,14H2,(H,27,28,29,30)/b21-13-. The zero-order valence-corrected chi connectivity index (χ0v) is 20.3. The van der Waals surface area contributed by atoms with Crippen molar-refractivity contribution < 1.29 is 14.3 Å². The first-order chi connectivity index (χ1) is 15.5. The lowest BCUT2D eigenvalue weighted by Crippen LogP contribution is -2.20. The van der Waals surface area contributed by atoms with Gasteiger partial charge in [0.2, 0.25) is 0 Å². The highest BCUT2D eigenvalue weighted by Crippen LogP contribution is 2.30. The molecular weight excluding hydrogens is 559 g/mol. The first-order valence-corrected chi connectivity index (χ1v) is 11.8. The largest absolute Gasteiger partial charge is 0.487 e. The number of nitrogens with one attached hydrogen (secondary N) is 1. The Kier molecular flexibility index (Phi) is 7.29. The fourth-order valence-electron chi connectivity index (χ4n) is 2.84. The number of carbonyl (C=O) groups excluding carboxylic acids is 2. The molecule has 0 radical (unpaired) electrons. The molecule has 1 saturated heterocycles. The van der Waals surface area contributed by atoms with E-state index in [-0.39, 0.29) is 11.1 Å². The number of rotatable bonds is 5. The molecule has 3 aromatic rings. The molecule has 1 fully saturated rings. The van der Waals surface area contributed by atoms with Crippen LogP contribution in [0.25, 0.3) is 6.08 Å². The van der Waals surface area contributed by atoms with Crippen molar-refractivity contribution in [2.24, 2.45) is 4.99 Å². The molecule has 32 heavy (non-hydrogen) atoms. The second-order valence-corrected chi connectivity index (χ2v) is 9.44. The Bertz CT molecular complexity index is 1230. The molecule has 0 unspecified atom stereocenters. The molecule has 0 saturated carbocycles. The average molecular weight is 575 g/mol. The molecule has 1 aliphatic rings. The molecule has 5 nitrogen and oxygen atoms in total. The number of halogens is 2. The maximum atomic E-state index is 12.3. The quantitative estimate of drug-likeness (QED) is 0.303. The minimum atomic E-state index is -0.410. The van der Waals surface area contributed by atoms with Gasteiger partial charge in [-0.15, -0.1) is 0 Å². The van der Waals surface area contributed by atoms with Gasteiger partial charge in [-0.3, -0.25) is 9.59 Å². The SMILES string of the molecule is O=C1NC(=NC(=O)c2ccccc2)S/C1=C\c1ccc(OCc2ccc(I)cc2)c(Cl)c1. The summed E-state index contributed by atoms with van der Waals surface area (Å²) < 4.78 is 6.98. The molecule has 0 atom stereocenters. The van der Waals surface area contributed by atoms with E-state index < -0.39 is 5.91 Å². The Morgan fingerprint density at radius 1 is 1.09 bits per heavy atom. The van der Waals surface area contributed by atoms with E-state index in [1.807, 2.05) is 36.4 Å². The number of aliphatic imine (C=N–C) groups is 1. The van der Waals surface area contributed by atoms with E-state index in [1.54, 1.807) is 42.5 Å². The Hall–Kier alpha value is -2.62. The van der Waals surface area contributed by atoms with E-state index in [1.165, 1.54) is 0 Å². The molecule has 160 valence electrons. The van der Waals surface area contributed by atoms with Gasteiger partial charge >= 0.3 is 0 Å². The summed E-state index contributed by atoms with van der Waals surface area (Å²) in [5.74, 6) is -0.163. The van der Waals surface area contributed by atoms with Crippen molar-refractivity contribution in [3.8, 4) is 5.75 Å². The van der Waals surface area contributed by atoms with E-state index >= 15 is 0 Å². The molecule has 4 rings (SSSR count). The van der Waals surface area contributed by atoms with Crippen LogP contribution in [0.1, 0.15) is 21.5 Å². The fourth-order valence-corrected chi connectivity index (χ4v) is 4.26. The van der Waals surface area contributed by atoms with E-state index in [9.17, 15) is 9.59 Å². The third-order valence-corrected chi connectivity index (χ3v) is 6.36. The lowest BCUT2D eigenvalue weighted by molar-refractivity contribution is -0.115. The van der Waals surface area contributed by atoms with Gasteiger partial charge in [-0.2, -0.15) is 4.99 Å². The first-order valence-electron chi connectivity index (χ1n) is 9.54. The van der Waals surface area contributed by atoms with Gasteiger partial charge in [0.1, 0.15) is 12.4 Å². The van der Waals surface area contributed by atoms with Gasteiger partial charge in [-0.1, -0.05) is 48.0 Å². The minimum Gasteiger partial charge on any atom is -0.487 e. The van der Waals surface area contributed by atoms with Gasteiger partial charge in [-0.05, 0) is 88.0 Å². The predicted molar refractivity (Wildman–Crippen MR) is 137 cm³/mol. The highest BCUT2D eigenvalue weighted by molar-refractivity contribution is 14.1. The highest BCUT2D eigenvalue weighted by Gasteiger charge is 2.25. The second kappa shape index (κ2) is 10.3. The maximum Gasteiger partial charge on any atom is 0.279 e. The van der Waals surface area contributed by atoms with Crippen molar-refractivity contribution in [3.63, 3.8) is 0 Å². The molecule has 2 amide bonds. The maximum absolute atomic E-state index is 12.3. The van der Waals surface area contributed by atoms with Gasteiger partial charge in [0.25, 0.3) is 11.8 Å².